The van der Waals surface area contributed by atoms with Crippen LogP contribution in [0.15, 0.2) is 0 Å². The molecule has 0 radical (unpaired) electrons. The number of nitrogens with zero attached hydrogens (tertiary/aromatic N) is 1. The minimum atomic E-state index is -0.531. The van der Waals surface area contributed by atoms with Gasteiger partial charge < -0.3 is 16.4 Å². The summed E-state index contributed by atoms with van der Waals surface area (Å²) in [5.74, 6) is -0.716. The molecule has 88 valence electrons. The predicted octanol–water partition coefficient (Wildman–Crippen LogP) is -0.164. The van der Waals surface area contributed by atoms with Gasteiger partial charge in [-0.1, -0.05) is 13.3 Å². The molecule has 0 heterocycles. The van der Waals surface area contributed by atoms with Gasteiger partial charge in [-0.2, -0.15) is 0 Å². The first-order chi connectivity index (χ1) is 6.90. The lowest BCUT2D eigenvalue weighted by Gasteiger charge is -2.28. The van der Waals surface area contributed by atoms with Gasteiger partial charge in [0.2, 0.25) is 11.8 Å². The van der Waals surface area contributed by atoms with Gasteiger partial charge in [0.05, 0.1) is 12.6 Å². The highest BCUT2D eigenvalue weighted by Gasteiger charge is 2.23. The number of hydrogen-bond acceptors (Lipinski definition) is 3. The van der Waals surface area contributed by atoms with E-state index in [4.69, 9.17) is 11.5 Å². The number of carbonyl (C=O) groups excluding carboxylic acids is 2. The average Bonchev–Trinajstić information content (AvgIpc) is 2.12. The topological polar surface area (TPSA) is 89.4 Å². The fourth-order valence-electron chi connectivity index (χ4n) is 1.33. The maximum atomic E-state index is 11.8. The monoisotopic (exact) mass is 215 g/mol. The standard InChI is InChI=1S/C10H21N3O2/c1-4-5-8(11)10(15)13(7(2)3)6-9(12)14/h7-8H,4-6,11H2,1-3H3,(H2,12,14)/t8-/m1/s1. The van der Waals surface area contributed by atoms with Gasteiger partial charge in [-0.25, -0.2) is 0 Å². The van der Waals surface area contributed by atoms with Crippen molar-refractivity contribution in [2.75, 3.05) is 6.54 Å². The minimum absolute atomic E-state index is 0.0616. The summed E-state index contributed by atoms with van der Waals surface area (Å²) >= 11 is 0. The highest BCUT2D eigenvalue weighted by Crippen LogP contribution is 2.04. The van der Waals surface area contributed by atoms with Crippen LogP contribution in [0.2, 0.25) is 0 Å². The first-order valence-electron chi connectivity index (χ1n) is 5.24. The molecule has 0 aromatic carbocycles. The first kappa shape index (κ1) is 13.9. The van der Waals surface area contributed by atoms with Crippen molar-refractivity contribution in [3.63, 3.8) is 0 Å². The molecule has 0 rings (SSSR count). The van der Waals surface area contributed by atoms with Crippen LogP contribution in [0.3, 0.4) is 0 Å². The Kier molecular flexibility index (Phi) is 5.93. The van der Waals surface area contributed by atoms with E-state index < -0.39 is 11.9 Å². The van der Waals surface area contributed by atoms with Crippen LogP contribution in [0.25, 0.3) is 0 Å². The second-order valence-corrected chi connectivity index (χ2v) is 3.92. The predicted molar refractivity (Wildman–Crippen MR) is 58.9 cm³/mol. The molecular weight excluding hydrogens is 194 g/mol. The van der Waals surface area contributed by atoms with Gasteiger partial charge in [-0.3, -0.25) is 9.59 Å². The second kappa shape index (κ2) is 6.40. The van der Waals surface area contributed by atoms with E-state index in [0.29, 0.717) is 6.42 Å². The molecule has 0 aliphatic rings. The first-order valence-corrected chi connectivity index (χ1v) is 5.24. The van der Waals surface area contributed by atoms with Gasteiger partial charge >= 0.3 is 0 Å². The third kappa shape index (κ3) is 4.78. The number of primary amides is 1. The largest absolute Gasteiger partial charge is 0.368 e. The summed E-state index contributed by atoms with van der Waals surface area (Å²) in [7, 11) is 0. The van der Waals surface area contributed by atoms with Crippen molar-refractivity contribution in [2.45, 2.75) is 45.7 Å². The van der Waals surface area contributed by atoms with Crippen LogP contribution in [0.4, 0.5) is 0 Å². The van der Waals surface area contributed by atoms with Crippen molar-refractivity contribution in [3.05, 3.63) is 0 Å². The Bertz CT molecular complexity index is 229. The number of rotatable bonds is 6. The lowest BCUT2D eigenvalue weighted by Crippen LogP contribution is -2.49. The lowest BCUT2D eigenvalue weighted by atomic mass is 10.1. The molecule has 0 bridgehead atoms. The van der Waals surface area contributed by atoms with Gasteiger partial charge in [-0.05, 0) is 20.3 Å². The van der Waals surface area contributed by atoms with Crippen LogP contribution >= 0.6 is 0 Å². The van der Waals surface area contributed by atoms with Crippen LogP contribution in [-0.2, 0) is 9.59 Å². The number of hydrogen-bond donors (Lipinski definition) is 2. The van der Waals surface area contributed by atoms with E-state index in [-0.39, 0.29) is 18.5 Å². The Hall–Kier alpha value is -1.10. The molecule has 0 unspecified atom stereocenters. The van der Waals surface area contributed by atoms with Crippen molar-refractivity contribution < 1.29 is 9.59 Å². The molecule has 0 spiro atoms. The molecule has 1 atom stereocenters. The summed E-state index contributed by atoms with van der Waals surface area (Å²) in [5.41, 5.74) is 10.8. The zero-order valence-corrected chi connectivity index (χ0v) is 9.69. The summed E-state index contributed by atoms with van der Waals surface area (Å²) in [6.45, 7) is 5.56. The number of carbonyl (C=O) groups is 2. The maximum Gasteiger partial charge on any atom is 0.240 e. The van der Waals surface area contributed by atoms with E-state index >= 15 is 0 Å². The maximum absolute atomic E-state index is 11.8. The Morgan fingerprint density at radius 1 is 1.33 bits per heavy atom. The van der Waals surface area contributed by atoms with Crippen LogP contribution in [-0.4, -0.2) is 35.3 Å². The highest BCUT2D eigenvalue weighted by atomic mass is 16.2. The van der Waals surface area contributed by atoms with Gasteiger partial charge in [0.1, 0.15) is 0 Å². The van der Waals surface area contributed by atoms with Crippen LogP contribution < -0.4 is 11.5 Å². The smallest absolute Gasteiger partial charge is 0.240 e. The molecule has 0 aliphatic heterocycles. The van der Waals surface area contributed by atoms with Gasteiger partial charge in [0.25, 0.3) is 0 Å². The zero-order valence-electron chi connectivity index (χ0n) is 9.69. The van der Waals surface area contributed by atoms with E-state index in [1.807, 2.05) is 20.8 Å². The van der Waals surface area contributed by atoms with Gasteiger partial charge in [-0.15, -0.1) is 0 Å². The van der Waals surface area contributed by atoms with E-state index in [2.05, 4.69) is 0 Å². The molecule has 0 saturated carbocycles. The van der Waals surface area contributed by atoms with Crippen molar-refractivity contribution in [1.29, 1.82) is 0 Å². The average molecular weight is 215 g/mol. The highest BCUT2D eigenvalue weighted by molar-refractivity contribution is 5.86. The Morgan fingerprint density at radius 2 is 1.87 bits per heavy atom. The molecule has 5 nitrogen and oxygen atoms in total. The molecular formula is C10H21N3O2. The van der Waals surface area contributed by atoms with Gasteiger partial charge in [0, 0.05) is 6.04 Å². The number of nitrogens with two attached hydrogens (primary N) is 2. The molecule has 0 fully saturated rings. The van der Waals surface area contributed by atoms with Crippen LogP contribution in [0.1, 0.15) is 33.6 Å². The summed E-state index contributed by atoms with van der Waals surface area (Å²) in [6, 6.07) is -0.593. The van der Waals surface area contributed by atoms with E-state index in [1.54, 1.807) is 0 Å². The molecule has 0 aromatic rings. The normalized spacial score (nSPS) is 12.6. The van der Waals surface area contributed by atoms with Crippen molar-refractivity contribution in [3.8, 4) is 0 Å². The Morgan fingerprint density at radius 3 is 2.20 bits per heavy atom. The van der Waals surface area contributed by atoms with Crippen LogP contribution in [0, 0.1) is 0 Å². The molecule has 4 N–H and O–H groups in total. The summed E-state index contributed by atoms with van der Waals surface area (Å²) in [6.07, 6.45) is 1.47. The SMILES string of the molecule is CCC[C@@H](N)C(=O)N(CC(N)=O)C(C)C. The summed E-state index contributed by atoms with van der Waals surface area (Å²) in [4.78, 5) is 24.0. The quantitative estimate of drug-likeness (QED) is 0.645. The molecule has 5 heteroatoms. The number of amides is 2. The van der Waals surface area contributed by atoms with E-state index in [9.17, 15) is 9.59 Å². The van der Waals surface area contributed by atoms with E-state index in [1.165, 1.54) is 4.90 Å². The van der Waals surface area contributed by atoms with Gasteiger partial charge in [0.15, 0.2) is 0 Å². The molecule has 15 heavy (non-hydrogen) atoms. The van der Waals surface area contributed by atoms with Crippen molar-refractivity contribution in [1.82, 2.24) is 4.90 Å². The third-order valence-corrected chi connectivity index (χ3v) is 2.15. The van der Waals surface area contributed by atoms with E-state index in [0.717, 1.165) is 6.42 Å². The molecule has 0 aliphatic carbocycles. The van der Waals surface area contributed by atoms with Crippen molar-refractivity contribution >= 4 is 11.8 Å². The second-order valence-electron chi connectivity index (χ2n) is 3.92. The van der Waals surface area contributed by atoms with Crippen molar-refractivity contribution in [2.24, 2.45) is 11.5 Å². The molecule has 0 aromatic heterocycles. The third-order valence-electron chi connectivity index (χ3n) is 2.15. The minimum Gasteiger partial charge on any atom is -0.368 e. The Labute approximate surface area is 90.8 Å². The summed E-state index contributed by atoms with van der Waals surface area (Å²) in [5, 5.41) is 0. The fraction of sp³-hybridized carbons (Fsp3) is 0.800. The molecule has 0 saturated heterocycles. The zero-order chi connectivity index (χ0) is 12.0. The van der Waals surface area contributed by atoms with Crippen LogP contribution in [0.5, 0.6) is 0 Å². The fourth-order valence-corrected chi connectivity index (χ4v) is 1.33. The summed E-state index contributed by atoms with van der Waals surface area (Å²) < 4.78 is 0. The lowest BCUT2D eigenvalue weighted by molar-refractivity contribution is -0.138. The molecule has 2 amide bonds. The Balaban J connectivity index is 4.47.